The first-order valence-corrected chi connectivity index (χ1v) is 14.2. The van der Waals surface area contributed by atoms with Crippen LogP contribution in [0.5, 0.6) is 0 Å². The Labute approximate surface area is 191 Å². The Kier molecular flexibility index (Phi) is 26.9. The molecular formula is C28H59NO. The molecule has 1 atom stereocenters. The second-order valence-corrected chi connectivity index (χ2v) is 9.68. The van der Waals surface area contributed by atoms with Gasteiger partial charge in [0.2, 0.25) is 0 Å². The van der Waals surface area contributed by atoms with Gasteiger partial charge in [-0.15, -0.1) is 0 Å². The molecule has 1 unspecified atom stereocenters. The number of hydrogen-bond acceptors (Lipinski definition) is 2. The quantitative estimate of drug-likeness (QED) is 0.107. The lowest BCUT2D eigenvalue weighted by molar-refractivity contribution is 0.124. The molecular weight excluding hydrogens is 366 g/mol. The summed E-state index contributed by atoms with van der Waals surface area (Å²) < 4.78 is 0. The van der Waals surface area contributed by atoms with Gasteiger partial charge in [-0.05, 0) is 25.8 Å². The molecule has 0 aromatic rings. The van der Waals surface area contributed by atoms with Crippen LogP contribution in [-0.2, 0) is 0 Å². The molecule has 0 aliphatic heterocycles. The van der Waals surface area contributed by atoms with Crippen LogP contribution in [0, 0.1) is 0 Å². The van der Waals surface area contributed by atoms with E-state index < -0.39 is 0 Å². The van der Waals surface area contributed by atoms with E-state index in [1.165, 1.54) is 148 Å². The summed E-state index contributed by atoms with van der Waals surface area (Å²) in [6.07, 6.45) is 32.4. The van der Waals surface area contributed by atoms with E-state index in [1.807, 2.05) is 0 Å². The molecule has 0 amide bonds. The third-order valence-electron chi connectivity index (χ3n) is 6.49. The van der Waals surface area contributed by atoms with Crippen LogP contribution in [0.4, 0.5) is 0 Å². The highest BCUT2D eigenvalue weighted by molar-refractivity contribution is 4.56. The number of hydrogen-bond donors (Lipinski definition) is 2. The molecule has 0 spiro atoms. The van der Waals surface area contributed by atoms with Crippen molar-refractivity contribution in [2.45, 2.75) is 174 Å². The standard InChI is InChI=1S/C28H59NO/c1-3-5-7-9-11-13-15-16-17-18-20-22-24-26-28(30)29-27-25-23-21-19-14-12-10-8-6-4-2/h28-30H,3-27H2,1-2H3. The molecule has 182 valence electrons. The molecule has 0 radical (unpaired) electrons. The number of unbranched alkanes of at least 4 members (excludes halogenated alkanes) is 21. The predicted octanol–water partition coefficient (Wildman–Crippen LogP) is 9.30. The van der Waals surface area contributed by atoms with E-state index in [0.717, 1.165) is 13.0 Å². The summed E-state index contributed by atoms with van der Waals surface area (Å²) >= 11 is 0. The van der Waals surface area contributed by atoms with Gasteiger partial charge in [-0.2, -0.15) is 0 Å². The molecule has 0 fully saturated rings. The monoisotopic (exact) mass is 425 g/mol. The van der Waals surface area contributed by atoms with Gasteiger partial charge < -0.3 is 5.11 Å². The van der Waals surface area contributed by atoms with Crippen LogP contribution in [0.25, 0.3) is 0 Å². The maximum absolute atomic E-state index is 10.1. The summed E-state index contributed by atoms with van der Waals surface area (Å²) in [5.41, 5.74) is 0. The minimum absolute atomic E-state index is 0.281. The maximum Gasteiger partial charge on any atom is 0.104 e. The molecule has 0 aromatic carbocycles. The Bertz CT molecular complexity index is 294. The Morgan fingerprint density at radius 1 is 0.433 bits per heavy atom. The van der Waals surface area contributed by atoms with Gasteiger partial charge in [0.15, 0.2) is 0 Å². The average Bonchev–Trinajstić information content (AvgIpc) is 2.75. The fourth-order valence-corrected chi connectivity index (χ4v) is 4.34. The highest BCUT2D eigenvalue weighted by Crippen LogP contribution is 2.13. The molecule has 0 heterocycles. The van der Waals surface area contributed by atoms with Crippen LogP contribution in [0.3, 0.4) is 0 Å². The van der Waals surface area contributed by atoms with Crippen LogP contribution in [0.1, 0.15) is 168 Å². The number of aliphatic hydroxyl groups excluding tert-OH is 1. The van der Waals surface area contributed by atoms with E-state index in [1.54, 1.807) is 0 Å². The Hall–Kier alpha value is -0.0800. The highest BCUT2D eigenvalue weighted by Gasteiger charge is 2.02. The zero-order valence-electron chi connectivity index (χ0n) is 21.2. The normalized spacial score (nSPS) is 12.5. The van der Waals surface area contributed by atoms with Crippen molar-refractivity contribution in [1.82, 2.24) is 5.32 Å². The van der Waals surface area contributed by atoms with Crippen LogP contribution in [0.2, 0.25) is 0 Å². The van der Waals surface area contributed by atoms with E-state index in [0.29, 0.717) is 0 Å². The van der Waals surface area contributed by atoms with E-state index in [-0.39, 0.29) is 6.23 Å². The van der Waals surface area contributed by atoms with Crippen molar-refractivity contribution in [3.63, 3.8) is 0 Å². The van der Waals surface area contributed by atoms with Crippen LogP contribution in [0.15, 0.2) is 0 Å². The molecule has 2 N–H and O–H groups in total. The highest BCUT2D eigenvalue weighted by atomic mass is 16.3. The fourth-order valence-electron chi connectivity index (χ4n) is 4.34. The molecule has 0 saturated carbocycles. The van der Waals surface area contributed by atoms with Crippen molar-refractivity contribution >= 4 is 0 Å². The van der Waals surface area contributed by atoms with E-state index in [2.05, 4.69) is 19.2 Å². The Morgan fingerprint density at radius 3 is 1.10 bits per heavy atom. The van der Waals surface area contributed by atoms with Gasteiger partial charge in [-0.3, -0.25) is 5.32 Å². The van der Waals surface area contributed by atoms with E-state index in [9.17, 15) is 5.11 Å². The van der Waals surface area contributed by atoms with Crippen molar-refractivity contribution in [3.05, 3.63) is 0 Å². The van der Waals surface area contributed by atoms with Crippen molar-refractivity contribution in [3.8, 4) is 0 Å². The van der Waals surface area contributed by atoms with Crippen LogP contribution < -0.4 is 5.32 Å². The molecule has 2 heteroatoms. The first-order valence-electron chi connectivity index (χ1n) is 14.2. The van der Waals surface area contributed by atoms with Gasteiger partial charge in [0.05, 0.1) is 0 Å². The minimum Gasteiger partial charge on any atom is -0.379 e. The molecule has 0 bridgehead atoms. The zero-order valence-corrected chi connectivity index (χ0v) is 21.2. The minimum atomic E-state index is -0.281. The summed E-state index contributed by atoms with van der Waals surface area (Å²) in [5.74, 6) is 0. The molecule has 2 nitrogen and oxygen atoms in total. The molecule has 0 saturated heterocycles. The maximum atomic E-state index is 10.1. The second kappa shape index (κ2) is 27.0. The number of nitrogens with one attached hydrogen (secondary N) is 1. The van der Waals surface area contributed by atoms with Gasteiger partial charge in [-0.25, -0.2) is 0 Å². The summed E-state index contributed by atoms with van der Waals surface area (Å²) in [6.45, 7) is 5.55. The Balaban J connectivity index is 3.12. The van der Waals surface area contributed by atoms with E-state index in [4.69, 9.17) is 0 Å². The third kappa shape index (κ3) is 26.0. The van der Waals surface area contributed by atoms with Crippen molar-refractivity contribution in [1.29, 1.82) is 0 Å². The van der Waals surface area contributed by atoms with Crippen molar-refractivity contribution in [2.24, 2.45) is 0 Å². The van der Waals surface area contributed by atoms with Gasteiger partial charge >= 0.3 is 0 Å². The summed E-state index contributed by atoms with van der Waals surface area (Å²) in [5, 5.41) is 13.4. The first-order chi connectivity index (χ1) is 14.8. The lowest BCUT2D eigenvalue weighted by Gasteiger charge is -2.12. The van der Waals surface area contributed by atoms with Gasteiger partial charge in [0, 0.05) is 0 Å². The summed E-state index contributed by atoms with van der Waals surface area (Å²) in [4.78, 5) is 0. The zero-order chi connectivity index (χ0) is 22.0. The largest absolute Gasteiger partial charge is 0.379 e. The number of aliphatic hydroxyl groups is 1. The van der Waals surface area contributed by atoms with Gasteiger partial charge in [0.25, 0.3) is 0 Å². The van der Waals surface area contributed by atoms with Crippen LogP contribution >= 0.6 is 0 Å². The SMILES string of the molecule is CCCCCCCCCCCCCCCC(O)NCCCCCCCCCCCC. The lowest BCUT2D eigenvalue weighted by Crippen LogP contribution is -2.29. The molecule has 0 aliphatic carbocycles. The molecule has 30 heavy (non-hydrogen) atoms. The second-order valence-electron chi connectivity index (χ2n) is 9.68. The van der Waals surface area contributed by atoms with Crippen molar-refractivity contribution < 1.29 is 5.11 Å². The predicted molar refractivity (Wildman–Crippen MR) is 136 cm³/mol. The van der Waals surface area contributed by atoms with Gasteiger partial charge in [0.1, 0.15) is 6.23 Å². The van der Waals surface area contributed by atoms with E-state index >= 15 is 0 Å². The molecule has 0 aliphatic rings. The van der Waals surface area contributed by atoms with Crippen molar-refractivity contribution in [2.75, 3.05) is 6.54 Å². The van der Waals surface area contributed by atoms with Gasteiger partial charge in [-0.1, -0.05) is 149 Å². The first kappa shape index (κ1) is 29.9. The summed E-state index contributed by atoms with van der Waals surface area (Å²) in [6, 6.07) is 0. The average molecular weight is 426 g/mol. The molecule has 0 rings (SSSR count). The van der Waals surface area contributed by atoms with Crippen LogP contribution in [-0.4, -0.2) is 17.9 Å². The molecule has 0 aromatic heterocycles. The lowest BCUT2D eigenvalue weighted by atomic mass is 10.0. The Morgan fingerprint density at radius 2 is 0.733 bits per heavy atom. The number of rotatable bonds is 26. The third-order valence-corrected chi connectivity index (χ3v) is 6.49. The fraction of sp³-hybridized carbons (Fsp3) is 1.00. The smallest absolute Gasteiger partial charge is 0.104 e. The summed E-state index contributed by atoms with van der Waals surface area (Å²) in [7, 11) is 0. The topological polar surface area (TPSA) is 32.3 Å².